The number of fused-ring (bicyclic) bond motifs is 2. The molecule has 3 aromatic rings. The summed E-state index contributed by atoms with van der Waals surface area (Å²) in [6.07, 6.45) is 1.08. The zero-order valence-corrected chi connectivity index (χ0v) is 12.4. The fourth-order valence-corrected chi connectivity index (χ4v) is 3.99. The molecular weight excluding hydrogens is 288 g/mol. The maximum Gasteiger partial charge on any atom is 0.186 e. The predicted molar refractivity (Wildman–Crippen MR) is 85.8 cm³/mol. The van der Waals surface area contributed by atoms with Crippen molar-refractivity contribution < 1.29 is 0 Å². The Morgan fingerprint density at radius 1 is 1.05 bits per heavy atom. The molecule has 0 atom stereocenters. The second-order valence-electron chi connectivity index (χ2n) is 5.02. The van der Waals surface area contributed by atoms with Gasteiger partial charge < -0.3 is 4.90 Å². The van der Waals surface area contributed by atoms with Crippen LogP contribution in [0.4, 0.5) is 5.13 Å². The number of hydrogen-bond donors (Lipinski definition) is 0. The fourth-order valence-electron chi connectivity index (χ4n) is 2.70. The van der Waals surface area contributed by atoms with Crippen LogP contribution in [0.25, 0.3) is 10.2 Å². The molecule has 2 nitrogen and oxygen atoms in total. The summed E-state index contributed by atoms with van der Waals surface area (Å²) in [7, 11) is 0. The zero-order valence-electron chi connectivity index (χ0n) is 10.8. The third-order valence-electron chi connectivity index (χ3n) is 3.76. The first-order valence-electron chi connectivity index (χ1n) is 6.68. The lowest BCUT2D eigenvalue weighted by atomic mass is 10.0. The number of nitrogens with zero attached hydrogens (tertiary/aromatic N) is 2. The van der Waals surface area contributed by atoms with E-state index < -0.39 is 0 Å². The standard InChI is InChI=1S/C16H13ClN2S/c17-13-6-3-7-14-15(13)18-16(20-14)19-9-8-11-4-1-2-5-12(11)10-19/h1-7H,8-10H2. The van der Waals surface area contributed by atoms with Gasteiger partial charge in [-0.2, -0.15) is 0 Å². The summed E-state index contributed by atoms with van der Waals surface area (Å²) in [6.45, 7) is 1.96. The third-order valence-corrected chi connectivity index (χ3v) is 5.15. The molecule has 1 aliphatic rings. The summed E-state index contributed by atoms with van der Waals surface area (Å²) in [4.78, 5) is 7.07. The molecule has 100 valence electrons. The summed E-state index contributed by atoms with van der Waals surface area (Å²) >= 11 is 7.94. The molecule has 0 radical (unpaired) electrons. The van der Waals surface area contributed by atoms with E-state index in [0.29, 0.717) is 0 Å². The zero-order chi connectivity index (χ0) is 13.5. The Labute approximate surface area is 126 Å². The molecule has 0 bridgehead atoms. The molecule has 0 N–H and O–H groups in total. The molecule has 0 saturated carbocycles. The van der Waals surface area contributed by atoms with E-state index in [2.05, 4.69) is 35.2 Å². The molecule has 0 spiro atoms. The van der Waals surface area contributed by atoms with Crippen molar-refractivity contribution in [1.29, 1.82) is 0 Å². The summed E-state index contributed by atoms with van der Waals surface area (Å²) in [5, 5.41) is 1.81. The van der Waals surface area contributed by atoms with E-state index in [0.717, 1.165) is 39.9 Å². The normalized spacial score (nSPS) is 14.6. The number of rotatable bonds is 1. The lowest BCUT2D eigenvalue weighted by Crippen LogP contribution is -2.30. The Balaban J connectivity index is 1.72. The third kappa shape index (κ3) is 1.98. The highest BCUT2D eigenvalue weighted by Crippen LogP contribution is 2.34. The maximum absolute atomic E-state index is 6.22. The highest BCUT2D eigenvalue weighted by atomic mass is 35.5. The van der Waals surface area contributed by atoms with E-state index in [4.69, 9.17) is 16.6 Å². The van der Waals surface area contributed by atoms with Crippen molar-refractivity contribution in [2.24, 2.45) is 0 Å². The minimum absolute atomic E-state index is 0.738. The average molecular weight is 301 g/mol. The van der Waals surface area contributed by atoms with E-state index in [1.807, 2.05) is 12.1 Å². The molecule has 1 aliphatic heterocycles. The second-order valence-corrected chi connectivity index (χ2v) is 6.44. The largest absolute Gasteiger partial charge is 0.343 e. The van der Waals surface area contributed by atoms with Crippen LogP contribution in [0.3, 0.4) is 0 Å². The van der Waals surface area contributed by atoms with Gasteiger partial charge in [-0.3, -0.25) is 0 Å². The topological polar surface area (TPSA) is 16.1 Å². The van der Waals surface area contributed by atoms with Gasteiger partial charge in [-0.15, -0.1) is 0 Å². The Hall–Kier alpha value is -1.58. The molecule has 0 fully saturated rings. The molecule has 0 amide bonds. The molecule has 2 heterocycles. The smallest absolute Gasteiger partial charge is 0.186 e. The molecule has 0 saturated heterocycles. The second kappa shape index (κ2) is 4.76. The van der Waals surface area contributed by atoms with Crippen LogP contribution in [0.5, 0.6) is 0 Å². The SMILES string of the molecule is Clc1cccc2sc(N3CCc4ccccc4C3)nc12. The maximum atomic E-state index is 6.22. The molecule has 2 aromatic carbocycles. The first kappa shape index (κ1) is 12.2. The van der Waals surface area contributed by atoms with Gasteiger partial charge in [-0.25, -0.2) is 4.98 Å². The van der Waals surface area contributed by atoms with Gasteiger partial charge in [0.05, 0.1) is 9.72 Å². The highest BCUT2D eigenvalue weighted by molar-refractivity contribution is 7.22. The van der Waals surface area contributed by atoms with Crippen LogP contribution in [-0.2, 0) is 13.0 Å². The van der Waals surface area contributed by atoms with Crippen molar-refractivity contribution in [2.75, 3.05) is 11.4 Å². The summed E-state index contributed by atoms with van der Waals surface area (Å²) in [5.74, 6) is 0. The van der Waals surface area contributed by atoms with E-state index in [1.165, 1.54) is 11.1 Å². The van der Waals surface area contributed by atoms with Crippen molar-refractivity contribution in [2.45, 2.75) is 13.0 Å². The van der Waals surface area contributed by atoms with Crippen molar-refractivity contribution in [3.63, 3.8) is 0 Å². The van der Waals surface area contributed by atoms with Crippen LogP contribution in [0.1, 0.15) is 11.1 Å². The highest BCUT2D eigenvalue weighted by Gasteiger charge is 2.19. The number of halogens is 1. The first-order chi connectivity index (χ1) is 9.81. The van der Waals surface area contributed by atoms with Gasteiger partial charge in [0.15, 0.2) is 5.13 Å². The number of para-hydroxylation sites is 1. The van der Waals surface area contributed by atoms with E-state index in [9.17, 15) is 0 Å². The van der Waals surface area contributed by atoms with Crippen LogP contribution in [-0.4, -0.2) is 11.5 Å². The van der Waals surface area contributed by atoms with E-state index in [-0.39, 0.29) is 0 Å². The predicted octanol–water partition coefficient (Wildman–Crippen LogP) is 4.51. The van der Waals surface area contributed by atoms with Gasteiger partial charge in [0.2, 0.25) is 0 Å². The lowest BCUT2D eigenvalue weighted by molar-refractivity contribution is 0.730. The quantitative estimate of drug-likeness (QED) is 0.657. The van der Waals surface area contributed by atoms with Crippen LogP contribution in [0, 0.1) is 0 Å². The molecule has 0 unspecified atom stereocenters. The molecular formula is C16H13ClN2S. The van der Waals surface area contributed by atoms with Gasteiger partial charge in [-0.1, -0.05) is 53.3 Å². The Morgan fingerprint density at radius 3 is 2.75 bits per heavy atom. The lowest BCUT2D eigenvalue weighted by Gasteiger charge is -2.28. The molecule has 20 heavy (non-hydrogen) atoms. The van der Waals surface area contributed by atoms with Crippen molar-refractivity contribution in [3.8, 4) is 0 Å². The van der Waals surface area contributed by atoms with Crippen molar-refractivity contribution >= 4 is 38.3 Å². The first-order valence-corrected chi connectivity index (χ1v) is 7.87. The van der Waals surface area contributed by atoms with Crippen molar-refractivity contribution in [1.82, 2.24) is 4.98 Å². The van der Waals surface area contributed by atoms with E-state index in [1.54, 1.807) is 11.3 Å². The minimum atomic E-state index is 0.738. The Bertz CT molecular complexity index is 781. The fraction of sp³-hybridized carbons (Fsp3) is 0.188. The summed E-state index contributed by atoms with van der Waals surface area (Å²) in [6, 6.07) is 14.6. The summed E-state index contributed by atoms with van der Waals surface area (Å²) < 4.78 is 1.16. The van der Waals surface area contributed by atoms with E-state index >= 15 is 0 Å². The average Bonchev–Trinajstić information content (AvgIpc) is 2.92. The number of aromatic nitrogens is 1. The molecule has 1 aromatic heterocycles. The van der Waals surface area contributed by atoms with Gasteiger partial charge in [0.25, 0.3) is 0 Å². The number of thiazole rings is 1. The number of hydrogen-bond acceptors (Lipinski definition) is 3. The van der Waals surface area contributed by atoms with Crippen LogP contribution in [0.15, 0.2) is 42.5 Å². The van der Waals surface area contributed by atoms with Crippen LogP contribution in [0.2, 0.25) is 5.02 Å². The monoisotopic (exact) mass is 300 g/mol. The van der Waals surface area contributed by atoms with Crippen molar-refractivity contribution in [3.05, 3.63) is 58.6 Å². The van der Waals surface area contributed by atoms with Gasteiger partial charge in [-0.05, 0) is 29.7 Å². The number of anilines is 1. The molecule has 4 heteroatoms. The van der Waals surface area contributed by atoms with Crippen LogP contribution >= 0.6 is 22.9 Å². The molecule has 4 rings (SSSR count). The summed E-state index contributed by atoms with van der Waals surface area (Å²) in [5.41, 5.74) is 3.79. The van der Waals surface area contributed by atoms with Gasteiger partial charge >= 0.3 is 0 Å². The molecule has 0 aliphatic carbocycles. The Kier molecular flexibility index (Phi) is 2.90. The van der Waals surface area contributed by atoms with Gasteiger partial charge in [0, 0.05) is 13.1 Å². The van der Waals surface area contributed by atoms with Gasteiger partial charge in [0.1, 0.15) is 5.52 Å². The Morgan fingerprint density at radius 2 is 1.90 bits per heavy atom. The number of benzene rings is 2. The minimum Gasteiger partial charge on any atom is -0.343 e. The van der Waals surface area contributed by atoms with Crippen LogP contribution < -0.4 is 4.90 Å².